The molecule has 116 valence electrons. The Balaban J connectivity index is 2.72. The van der Waals surface area contributed by atoms with Gasteiger partial charge in [0.25, 0.3) is 0 Å². The van der Waals surface area contributed by atoms with Crippen molar-refractivity contribution in [1.29, 1.82) is 0 Å². The Morgan fingerprint density at radius 2 is 2.19 bits per heavy atom. The molecule has 1 aromatic carbocycles. The smallest absolute Gasteiger partial charge is 0.311 e. The van der Waals surface area contributed by atoms with Gasteiger partial charge < -0.3 is 10.1 Å². The highest BCUT2D eigenvalue weighted by Gasteiger charge is 2.15. The first-order valence-corrected chi connectivity index (χ1v) is 7.15. The molecule has 0 saturated heterocycles. The van der Waals surface area contributed by atoms with Gasteiger partial charge in [-0.3, -0.25) is 10.1 Å². The molecule has 0 amide bonds. The highest BCUT2D eigenvalue weighted by Crippen LogP contribution is 2.28. The summed E-state index contributed by atoms with van der Waals surface area (Å²) in [4.78, 5) is 10.7. The van der Waals surface area contributed by atoms with Crippen molar-refractivity contribution in [1.82, 2.24) is 5.32 Å². The molecule has 0 saturated carbocycles. The minimum atomic E-state index is -0.401. The number of hydrogen-bond acceptors (Lipinski definition) is 4. The number of nitro groups is 1. The number of nitro benzene ring substituents is 1. The molecule has 21 heavy (non-hydrogen) atoms. The average molecular weight is 292 g/mol. The van der Waals surface area contributed by atoms with E-state index in [1.165, 1.54) is 0 Å². The van der Waals surface area contributed by atoms with Gasteiger partial charge in [-0.25, -0.2) is 0 Å². The molecule has 0 aliphatic carbocycles. The van der Waals surface area contributed by atoms with E-state index in [0.717, 1.165) is 17.7 Å². The lowest BCUT2D eigenvalue weighted by atomic mass is 10.1. The molecule has 0 aliphatic heterocycles. The summed E-state index contributed by atoms with van der Waals surface area (Å²) in [6.07, 6.45) is 0.689. The Bertz CT molecular complexity index is 498. The molecule has 0 heterocycles. The summed E-state index contributed by atoms with van der Waals surface area (Å²) in [7, 11) is 0. The second-order valence-electron chi connectivity index (χ2n) is 5.64. The van der Waals surface area contributed by atoms with E-state index in [9.17, 15) is 10.1 Å². The maximum Gasteiger partial charge on any atom is 0.311 e. The molecule has 0 aliphatic rings. The fourth-order valence-corrected chi connectivity index (χ4v) is 1.78. The van der Waals surface area contributed by atoms with E-state index in [1.807, 2.05) is 13.0 Å². The van der Waals surface area contributed by atoms with Gasteiger partial charge >= 0.3 is 5.69 Å². The molecule has 1 aromatic rings. The third-order valence-corrected chi connectivity index (χ3v) is 2.89. The minimum absolute atomic E-state index is 0.0144. The van der Waals surface area contributed by atoms with Crippen molar-refractivity contribution in [2.45, 2.75) is 33.7 Å². The quantitative estimate of drug-likeness (QED) is 0.428. The molecule has 0 bridgehead atoms. The van der Waals surface area contributed by atoms with E-state index in [-0.39, 0.29) is 5.69 Å². The number of ether oxygens (including phenoxy) is 1. The van der Waals surface area contributed by atoms with E-state index in [1.54, 1.807) is 12.1 Å². The van der Waals surface area contributed by atoms with Crippen LogP contribution in [-0.4, -0.2) is 18.1 Å². The largest absolute Gasteiger partial charge is 0.486 e. The normalized spacial score (nSPS) is 10.7. The van der Waals surface area contributed by atoms with Gasteiger partial charge in [0.15, 0.2) is 5.75 Å². The van der Waals surface area contributed by atoms with Crippen LogP contribution in [0.4, 0.5) is 5.69 Å². The SMILES string of the molecule is C=C(C)CCOc1ccc(CNCC(C)C)cc1[N+](=O)[O-]. The molecule has 0 aromatic heterocycles. The van der Waals surface area contributed by atoms with Crippen LogP contribution in [0.2, 0.25) is 0 Å². The van der Waals surface area contributed by atoms with Crippen LogP contribution in [0.1, 0.15) is 32.8 Å². The third-order valence-electron chi connectivity index (χ3n) is 2.89. The zero-order valence-corrected chi connectivity index (χ0v) is 13.0. The van der Waals surface area contributed by atoms with Crippen molar-refractivity contribution in [3.05, 3.63) is 46.0 Å². The zero-order chi connectivity index (χ0) is 15.8. The van der Waals surface area contributed by atoms with E-state index in [2.05, 4.69) is 25.7 Å². The molecule has 0 atom stereocenters. The van der Waals surface area contributed by atoms with Crippen LogP contribution < -0.4 is 10.1 Å². The molecule has 0 fully saturated rings. The lowest BCUT2D eigenvalue weighted by molar-refractivity contribution is -0.385. The number of benzene rings is 1. The summed E-state index contributed by atoms with van der Waals surface area (Å²) < 4.78 is 5.48. The summed E-state index contributed by atoms with van der Waals surface area (Å²) in [6.45, 7) is 11.8. The van der Waals surface area contributed by atoms with Gasteiger partial charge in [-0.1, -0.05) is 25.5 Å². The molecule has 0 radical (unpaired) electrons. The summed E-state index contributed by atoms with van der Waals surface area (Å²) >= 11 is 0. The monoisotopic (exact) mass is 292 g/mol. The zero-order valence-electron chi connectivity index (χ0n) is 13.0. The molecule has 1 rings (SSSR count). The third kappa shape index (κ3) is 6.40. The molecule has 0 spiro atoms. The summed E-state index contributed by atoms with van der Waals surface area (Å²) in [5.41, 5.74) is 1.89. The van der Waals surface area contributed by atoms with Gasteiger partial charge in [0.2, 0.25) is 0 Å². The standard InChI is InChI=1S/C16H24N2O3/c1-12(2)7-8-21-16-6-5-14(9-15(16)18(19)20)11-17-10-13(3)4/h5-6,9,13,17H,1,7-8,10-11H2,2-4H3. The van der Waals surface area contributed by atoms with Crippen LogP contribution in [0, 0.1) is 16.0 Å². The maximum atomic E-state index is 11.1. The van der Waals surface area contributed by atoms with Crippen molar-refractivity contribution in [3.63, 3.8) is 0 Å². The Labute approximate surface area is 126 Å². The molecule has 5 nitrogen and oxygen atoms in total. The Morgan fingerprint density at radius 3 is 2.76 bits per heavy atom. The van der Waals surface area contributed by atoms with Crippen LogP contribution in [0.15, 0.2) is 30.4 Å². The minimum Gasteiger partial charge on any atom is -0.486 e. The van der Waals surface area contributed by atoms with Gasteiger partial charge in [0.1, 0.15) is 0 Å². The summed E-state index contributed by atoms with van der Waals surface area (Å²) in [6, 6.07) is 5.10. The van der Waals surface area contributed by atoms with Crippen molar-refractivity contribution in [2.24, 2.45) is 5.92 Å². The van der Waals surface area contributed by atoms with Crippen LogP contribution >= 0.6 is 0 Å². The first-order valence-electron chi connectivity index (χ1n) is 7.15. The first-order chi connectivity index (χ1) is 9.90. The molecular formula is C16H24N2O3. The Hall–Kier alpha value is -1.88. The van der Waals surface area contributed by atoms with Gasteiger partial charge in [-0.15, -0.1) is 6.58 Å². The van der Waals surface area contributed by atoms with E-state index < -0.39 is 4.92 Å². The van der Waals surface area contributed by atoms with E-state index in [0.29, 0.717) is 31.2 Å². The second kappa shape index (κ2) is 8.42. The van der Waals surface area contributed by atoms with Crippen LogP contribution in [0.3, 0.4) is 0 Å². The van der Waals surface area contributed by atoms with Crippen LogP contribution in [0.5, 0.6) is 5.75 Å². The van der Waals surface area contributed by atoms with E-state index in [4.69, 9.17) is 4.74 Å². The molecular weight excluding hydrogens is 268 g/mol. The predicted octanol–water partition coefficient (Wildman–Crippen LogP) is 3.69. The first kappa shape index (κ1) is 17.2. The topological polar surface area (TPSA) is 64.4 Å². The predicted molar refractivity (Wildman–Crippen MR) is 84.6 cm³/mol. The number of nitrogens with one attached hydrogen (secondary N) is 1. The van der Waals surface area contributed by atoms with Gasteiger partial charge in [0, 0.05) is 19.0 Å². The highest BCUT2D eigenvalue weighted by molar-refractivity contribution is 5.48. The van der Waals surface area contributed by atoms with Crippen molar-refractivity contribution >= 4 is 5.69 Å². The fraction of sp³-hybridized carbons (Fsp3) is 0.500. The van der Waals surface area contributed by atoms with Gasteiger partial charge in [-0.05, 0) is 31.0 Å². The van der Waals surface area contributed by atoms with Crippen LogP contribution in [-0.2, 0) is 6.54 Å². The Kier molecular flexibility index (Phi) is 6.88. The number of rotatable bonds is 9. The van der Waals surface area contributed by atoms with E-state index >= 15 is 0 Å². The lowest BCUT2D eigenvalue weighted by Gasteiger charge is -2.10. The number of nitrogens with zero attached hydrogens (tertiary/aromatic N) is 1. The van der Waals surface area contributed by atoms with Crippen molar-refractivity contribution < 1.29 is 9.66 Å². The summed E-state index contributed by atoms with van der Waals surface area (Å²) in [5.74, 6) is 0.860. The van der Waals surface area contributed by atoms with Crippen molar-refractivity contribution in [3.8, 4) is 5.75 Å². The molecule has 1 N–H and O–H groups in total. The fourth-order valence-electron chi connectivity index (χ4n) is 1.78. The molecule has 5 heteroatoms. The maximum absolute atomic E-state index is 11.1. The second-order valence-corrected chi connectivity index (χ2v) is 5.64. The lowest BCUT2D eigenvalue weighted by Crippen LogP contribution is -2.19. The number of hydrogen-bond donors (Lipinski definition) is 1. The summed E-state index contributed by atoms with van der Waals surface area (Å²) in [5, 5.41) is 14.4. The average Bonchev–Trinajstić information content (AvgIpc) is 2.39. The van der Waals surface area contributed by atoms with Crippen LogP contribution in [0.25, 0.3) is 0 Å². The highest BCUT2D eigenvalue weighted by atomic mass is 16.6. The molecule has 0 unspecified atom stereocenters. The van der Waals surface area contributed by atoms with Gasteiger partial charge in [0.05, 0.1) is 11.5 Å². The Morgan fingerprint density at radius 1 is 1.48 bits per heavy atom. The van der Waals surface area contributed by atoms with Gasteiger partial charge in [-0.2, -0.15) is 0 Å². The van der Waals surface area contributed by atoms with Crippen molar-refractivity contribution in [2.75, 3.05) is 13.2 Å².